The number of primary amides is 1. The highest BCUT2D eigenvalue weighted by Crippen LogP contribution is 1.93. The van der Waals surface area contributed by atoms with Gasteiger partial charge in [-0.25, -0.2) is 4.79 Å². The summed E-state index contributed by atoms with van der Waals surface area (Å²) < 4.78 is 6.02. The molecule has 0 saturated heterocycles. The molecule has 0 bridgehead atoms. The maximum atomic E-state index is 11.8. The van der Waals surface area contributed by atoms with Gasteiger partial charge in [0.25, 0.3) is 5.56 Å². The van der Waals surface area contributed by atoms with E-state index in [4.69, 9.17) is 11.5 Å². The molecule has 4 N–H and O–H groups in total. The number of nitrogens with two attached hydrogens (primary N) is 2. The van der Waals surface area contributed by atoms with Crippen LogP contribution < -0.4 is 17.0 Å². The maximum Gasteiger partial charge on any atom is 0.404 e. The van der Waals surface area contributed by atoms with Gasteiger partial charge in [-0.15, -0.1) is 0 Å². The molecule has 0 unspecified atom stereocenters. The molecule has 1 heterocycles. The lowest BCUT2D eigenvalue weighted by atomic mass is 10.2. The van der Waals surface area contributed by atoms with Gasteiger partial charge in [-0.05, 0) is 19.0 Å². The minimum absolute atomic E-state index is 0.0846. The van der Waals surface area contributed by atoms with Gasteiger partial charge >= 0.3 is 6.09 Å². The molecule has 0 aliphatic carbocycles. The van der Waals surface area contributed by atoms with Gasteiger partial charge in [0.1, 0.15) is 6.61 Å². The fourth-order valence-electron chi connectivity index (χ4n) is 1.35. The zero-order valence-corrected chi connectivity index (χ0v) is 8.89. The Labute approximate surface area is 92.8 Å². The number of aromatic nitrogens is 1. The van der Waals surface area contributed by atoms with Crippen LogP contribution in [0.25, 0.3) is 0 Å². The van der Waals surface area contributed by atoms with Gasteiger partial charge in [-0.2, -0.15) is 0 Å². The molecule has 6 heteroatoms. The van der Waals surface area contributed by atoms with E-state index in [0.717, 1.165) is 0 Å². The second kappa shape index (κ2) is 5.92. The van der Waals surface area contributed by atoms with Crippen LogP contribution in [0.5, 0.6) is 0 Å². The molecule has 88 valence electrons. The molecule has 0 fully saturated rings. The first kappa shape index (κ1) is 12.3. The van der Waals surface area contributed by atoms with Crippen LogP contribution in [0.15, 0.2) is 23.1 Å². The first-order valence-electron chi connectivity index (χ1n) is 4.95. The van der Waals surface area contributed by atoms with Crippen LogP contribution in [0.2, 0.25) is 0 Å². The standard InChI is InChI=1S/C10H15N3O3/c11-4-3-8-2-1-5-13(9(8)14)6-7-16-10(12)15/h1-2,5H,3-4,6-7,11H2,(H2,12,15). The van der Waals surface area contributed by atoms with Gasteiger partial charge in [0, 0.05) is 11.8 Å². The zero-order chi connectivity index (χ0) is 12.0. The topological polar surface area (TPSA) is 100 Å². The van der Waals surface area contributed by atoms with E-state index in [-0.39, 0.29) is 12.2 Å². The highest BCUT2D eigenvalue weighted by Gasteiger charge is 2.02. The van der Waals surface area contributed by atoms with Crippen LogP contribution in [-0.2, 0) is 17.7 Å². The largest absolute Gasteiger partial charge is 0.448 e. The summed E-state index contributed by atoms with van der Waals surface area (Å²) in [6.07, 6.45) is 1.33. The number of hydrogen-bond donors (Lipinski definition) is 2. The molecule has 0 aliphatic heterocycles. The number of carbonyl (C=O) groups is 1. The van der Waals surface area contributed by atoms with E-state index in [9.17, 15) is 9.59 Å². The van der Waals surface area contributed by atoms with Crippen LogP contribution in [0.4, 0.5) is 4.79 Å². The van der Waals surface area contributed by atoms with Crippen molar-refractivity contribution in [1.29, 1.82) is 0 Å². The lowest BCUT2D eigenvalue weighted by Crippen LogP contribution is -2.27. The lowest BCUT2D eigenvalue weighted by molar-refractivity contribution is 0.152. The second-order valence-corrected chi connectivity index (χ2v) is 3.24. The Morgan fingerprint density at radius 3 is 2.88 bits per heavy atom. The predicted molar refractivity (Wildman–Crippen MR) is 59.0 cm³/mol. The summed E-state index contributed by atoms with van der Waals surface area (Å²) in [4.78, 5) is 22.1. The number of ether oxygens (including phenoxy) is 1. The van der Waals surface area contributed by atoms with Gasteiger partial charge in [0.15, 0.2) is 0 Å². The summed E-state index contributed by atoms with van der Waals surface area (Å²) in [6.45, 7) is 0.804. The van der Waals surface area contributed by atoms with Crippen LogP contribution in [0.1, 0.15) is 5.56 Å². The monoisotopic (exact) mass is 225 g/mol. The van der Waals surface area contributed by atoms with Crippen molar-refractivity contribution in [3.8, 4) is 0 Å². The molecular formula is C10H15N3O3. The molecule has 1 amide bonds. The molecule has 6 nitrogen and oxygen atoms in total. The Kier molecular flexibility index (Phi) is 4.53. The highest BCUT2D eigenvalue weighted by atomic mass is 16.5. The van der Waals surface area contributed by atoms with Crippen molar-refractivity contribution in [1.82, 2.24) is 4.57 Å². The molecular weight excluding hydrogens is 210 g/mol. The van der Waals surface area contributed by atoms with Crippen LogP contribution in [-0.4, -0.2) is 23.8 Å². The van der Waals surface area contributed by atoms with Crippen molar-refractivity contribution in [3.63, 3.8) is 0 Å². The Hall–Kier alpha value is -1.82. The Balaban J connectivity index is 2.69. The second-order valence-electron chi connectivity index (χ2n) is 3.24. The zero-order valence-electron chi connectivity index (χ0n) is 8.89. The highest BCUT2D eigenvalue weighted by molar-refractivity contribution is 5.64. The van der Waals surface area contributed by atoms with Crippen molar-refractivity contribution in [3.05, 3.63) is 34.2 Å². The van der Waals surface area contributed by atoms with Crippen molar-refractivity contribution in [2.24, 2.45) is 11.5 Å². The first-order chi connectivity index (χ1) is 7.65. The van der Waals surface area contributed by atoms with E-state index in [1.807, 2.05) is 0 Å². The van der Waals surface area contributed by atoms with Gasteiger partial charge in [0.2, 0.25) is 0 Å². The number of carbonyl (C=O) groups excluding carboxylic acids is 1. The number of amides is 1. The van der Waals surface area contributed by atoms with Crippen LogP contribution in [0, 0.1) is 0 Å². The summed E-state index contributed by atoms with van der Waals surface area (Å²) in [5, 5.41) is 0. The minimum atomic E-state index is -0.842. The summed E-state index contributed by atoms with van der Waals surface area (Å²) in [7, 11) is 0. The van der Waals surface area contributed by atoms with Crippen molar-refractivity contribution >= 4 is 6.09 Å². The summed E-state index contributed by atoms with van der Waals surface area (Å²) >= 11 is 0. The number of hydrogen-bond acceptors (Lipinski definition) is 4. The molecule has 0 aliphatic rings. The Morgan fingerprint density at radius 2 is 2.25 bits per heavy atom. The normalized spacial score (nSPS) is 10.1. The molecule has 0 saturated carbocycles. The quantitative estimate of drug-likeness (QED) is 0.701. The molecule has 0 spiro atoms. The molecule has 16 heavy (non-hydrogen) atoms. The van der Waals surface area contributed by atoms with E-state index in [0.29, 0.717) is 25.1 Å². The third-order valence-electron chi connectivity index (χ3n) is 2.09. The molecule has 1 aromatic heterocycles. The van der Waals surface area contributed by atoms with Crippen molar-refractivity contribution in [2.75, 3.05) is 13.2 Å². The SMILES string of the molecule is NCCc1cccn(CCOC(N)=O)c1=O. The molecule has 0 atom stereocenters. The third-order valence-corrected chi connectivity index (χ3v) is 2.09. The number of nitrogens with zero attached hydrogens (tertiary/aromatic N) is 1. The minimum Gasteiger partial charge on any atom is -0.448 e. The van der Waals surface area contributed by atoms with Gasteiger partial charge < -0.3 is 20.8 Å². The number of pyridine rings is 1. The lowest BCUT2D eigenvalue weighted by Gasteiger charge is -2.07. The van der Waals surface area contributed by atoms with E-state index in [1.54, 1.807) is 18.3 Å². The average Bonchev–Trinajstić information content (AvgIpc) is 2.23. The predicted octanol–water partition coefficient (Wildman–Crippen LogP) is -0.555. The van der Waals surface area contributed by atoms with Crippen molar-refractivity contribution < 1.29 is 9.53 Å². The van der Waals surface area contributed by atoms with E-state index in [1.165, 1.54) is 4.57 Å². The Morgan fingerprint density at radius 1 is 1.50 bits per heavy atom. The fourth-order valence-corrected chi connectivity index (χ4v) is 1.35. The summed E-state index contributed by atoms with van der Waals surface area (Å²) in [6, 6.07) is 3.50. The summed E-state index contributed by atoms with van der Waals surface area (Å²) in [5.41, 5.74) is 10.7. The average molecular weight is 225 g/mol. The van der Waals surface area contributed by atoms with Gasteiger partial charge in [-0.3, -0.25) is 4.79 Å². The first-order valence-corrected chi connectivity index (χ1v) is 4.95. The smallest absolute Gasteiger partial charge is 0.404 e. The van der Waals surface area contributed by atoms with E-state index >= 15 is 0 Å². The van der Waals surface area contributed by atoms with Crippen LogP contribution in [0.3, 0.4) is 0 Å². The molecule has 0 aromatic carbocycles. The van der Waals surface area contributed by atoms with E-state index in [2.05, 4.69) is 4.74 Å². The van der Waals surface area contributed by atoms with Crippen molar-refractivity contribution in [2.45, 2.75) is 13.0 Å². The molecule has 0 radical (unpaired) electrons. The maximum absolute atomic E-state index is 11.8. The number of rotatable bonds is 5. The molecule has 1 aromatic rings. The third kappa shape index (κ3) is 3.39. The van der Waals surface area contributed by atoms with E-state index < -0.39 is 6.09 Å². The summed E-state index contributed by atoms with van der Waals surface area (Å²) in [5.74, 6) is 0. The fraction of sp³-hybridized carbons (Fsp3) is 0.400. The van der Waals surface area contributed by atoms with Gasteiger partial charge in [0.05, 0.1) is 6.54 Å². The molecule has 1 rings (SSSR count). The Bertz CT molecular complexity index is 414. The van der Waals surface area contributed by atoms with Gasteiger partial charge in [-0.1, -0.05) is 6.07 Å². The van der Waals surface area contributed by atoms with Crippen LogP contribution >= 0.6 is 0 Å².